The van der Waals surface area contributed by atoms with Gasteiger partial charge in [-0.3, -0.25) is 0 Å². The van der Waals surface area contributed by atoms with E-state index in [4.69, 9.17) is 4.74 Å². The van der Waals surface area contributed by atoms with Crippen LogP contribution in [0.1, 0.15) is 39.7 Å². The summed E-state index contributed by atoms with van der Waals surface area (Å²) in [7, 11) is 1.70. The molecule has 1 nitrogen and oxygen atoms in total. The minimum Gasteiger partial charge on any atom is -0.497 e. The molecule has 0 amide bonds. The van der Waals surface area contributed by atoms with Crippen LogP contribution in [0.2, 0.25) is 0 Å². The van der Waals surface area contributed by atoms with E-state index in [1.807, 2.05) is 12.1 Å². The lowest BCUT2D eigenvalue weighted by molar-refractivity contribution is 0.396. The van der Waals surface area contributed by atoms with Gasteiger partial charge in [-0.15, -0.1) is 0 Å². The lowest BCUT2D eigenvalue weighted by atomic mass is 9.78. The van der Waals surface area contributed by atoms with E-state index in [1.54, 1.807) is 7.11 Å². The van der Waals surface area contributed by atoms with Crippen molar-refractivity contribution in [3.63, 3.8) is 0 Å². The number of benzene rings is 1. The van der Waals surface area contributed by atoms with Crippen LogP contribution < -0.4 is 4.74 Å². The summed E-state index contributed by atoms with van der Waals surface area (Å²) < 4.78 is 5.16. The SMILES string of the molecule is COc1ccc(C(C)(C)CC(C)C)cc1. The second-order valence-electron chi connectivity index (χ2n) is 5.21. The fourth-order valence-corrected chi connectivity index (χ4v) is 2.18. The van der Waals surface area contributed by atoms with Gasteiger partial charge >= 0.3 is 0 Å². The van der Waals surface area contributed by atoms with Crippen molar-refractivity contribution in [3.05, 3.63) is 29.8 Å². The second kappa shape index (κ2) is 4.69. The number of hydrogen-bond acceptors (Lipinski definition) is 1. The van der Waals surface area contributed by atoms with Crippen molar-refractivity contribution in [2.24, 2.45) is 5.92 Å². The third kappa shape index (κ3) is 3.26. The molecule has 0 N–H and O–H groups in total. The minimum atomic E-state index is 0.250. The zero-order valence-electron chi connectivity index (χ0n) is 10.5. The molecule has 0 saturated heterocycles. The Bertz CT molecular complexity index is 296. The van der Waals surface area contributed by atoms with Crippen LogP contribution in [0.25, 0.3) is 0 Å². The van der Waals surface area contributed by atoms with Crippen molar-refractivity contribution in [1.29, 1.82) is 0 Å². The predicted octanol–water partition coefficient (Wildman–Crippen LogP) is 4.02. The fraction of sp³-hybridized carbons (Fsp3) is 0.571. The number of methoxy groups -OCH3 is 1. The Hall–Kier alpha value is -0.980. The molecular weight excluding hydrogens is 184 g/mol. The molecule has 0 atom stereocenters. The van der Waals surface area contributed by atoms with Crippen LogP contribution in [0.3, 0.4) is 0 Å². The lowest BCUT2D eigenvalue weighted by Crippen LogP contribution is -2.19. The Labute approximate surface area is 93.5 Å². The molecular formula is C14H22O. The monoisotopic (exact) mass is 206 g/mol. The highest BCUT2D eigenvalue weighted by molar-refractivity contribution is 5.31. The summed E-state index contributed by atoms with van der Waals surface area (Å²) in [5.41, 5.74) is 1.64. The number of hydrogen-bond donors (Lipinski definition) is 0. The molecule has 0 radical (unpaired) electrons. The first-order chi connectivity index (χ1) is 6.95. The first-order valence-corrected chi connectivity index (χ1v) is 5.60. The quantitative estimate of drug-likeness (QED) is 0.723. The van der Waals surface area contributed by atoms with Crippen molar-refractivity contribution in [1.82, 2.24) is 0 Å². The summed E-state index contributed by atoms with van der Waals surface area (Å²) in [5.74, 6) is 1.65. The highest BCUT2D eigenvalue weighted by atomic mass is 16.5. The summed E-state index contributed by atoms with van der Waals surface area (Å²) in [4.78, 5) is 0. The first kappa shape index (κ1) is 12.1. The van der Waals surface area contributed by atoms with Crippen LogP contribution in [0.4, 0.5) is 0 Å². The van der Waals surface area contributed by atoms with E-state index in [0.717, 1.165) is 11.7 Å². The molecule has 0 heterocycles. The van der Waals surface area contributed by atoms with Crippen LogP contribution in [0.5, 0.6) is 5.75 Å². The first-order valence-electron chi connectivity index (χ1n) is 5.60. The molecule has 0 aliphatic carbocycles. The molecule has 0 saturated carbocycles. The largest absolute Gasteiger partial charge is 0.497 e. The van der Waals surface area contributed by atoms with Gasteiger partial charge in [-0.25, -0.2) is 0 Å². The molecule has 0 unspecified atom stereocenters. The van der Waals surface area contributed by atoms with E-state index in [1.165, 1.54) is 12.0 Å². The molecule has 1 aromatic carbocycles. The van der Waals surface area contributed by atoms with Crippen molar-refractivity contribution < 1.29 is 4.74 Å². The van der Waals surface area contributed by atoms with Crippen LogP contribution in [-0.2, 0) is 5.41 Å². The highest BCUT2D eigenvalue weighted by Gasteiger charge is 2.21. The Morgan fingerprint density at radius 3 is 2.07 bits per heavy atom. The fourth-order valence-electron chi connectivity index (χ4n) is 2.18. The molecule has 0 bridgehead atoms. The van der Waals surface area contributed by atoms with Gasteiger partial charge in [-0.1, -0.05) is 39.8 Å². The van der Waals surface area contributed by atoms with Crippen molar-refractivity contribution >= 4 is 0 Å². The Kier molecular flexibility index (Phi) is 3.78. The van der Waals surface area contributed by atoms with Gasteiger partial charge in [0.2, 0.25) is 0 Å². The van der Waals surface area contributed by atoms with E-state index in [-0.39, 0.29) is 5.41 Å². The zero-order valence-corrected chi connectivity index (χ0v) is 10.5. The summed E-state index contributed by atoms with van der Waals surface area (Å²) >= 11 is 0. The molecule has 0 spiro atoms. The standard InChI is InChI=1S/C14H22O/c1-11(2)10-14(3,4)12-6-8-13(15-5)9-7-12/h6-9,11H,10H2,1-5H3. The smallest absolute Gasteiger partial charge is 0.118 e. The average molecular weight is 206 g/mol. The lowest BCUT2D eigenvalue weighted by Gasteiger charge is -2.27. The molecule has 1 rings (SSSR count). The Balaban J connectivity index is 2.85. The maximum absolute atomic E-state index is 5.16. The number of ether oxygens (including phenoxy) is 1. The van der Waals surface area contributed by atoms with Crippen molar-refractivity contribution in [3.8, 4) is 5.75 Å². The van der Waals surface area contributed by atoms with Gasteiger partial charge in [0.1, 0.15) is 5.75 Å². The van der Waals surface area contributed by atoms with Crippen LogP contribution in [0, 0.1) is 5.92 Å². The average Bonchev–Trinajstić information content (AvgIpc) is 2.16. The maximum atomic E-state index is 5.16. The molecule has 84 valence electrons. The Morgan fingerprint density at radius 1 is 1.13 bits per heavy atom. The molecule has 1 aromatic rings. The summed E-state index contributed by atoms with van der Waals surface area (Å²) in [5, 5.41) is 0. The molecule has 0 fully saturated rings. The van der Waals surface area contributed by atoms with Crippen molar-refractivity contribution in [2.75, 3.05) is 7.11 Å². The van der Waals surface area contributed by atoms with Gasteiger partial charge in [-0.05, 0) is 35.4 Å². The molecule has 1 heteroatoms. The third-order valence-corrected chi connectivity index (χ3v) is 2.79. The second-order valence-corrected chi connectivity index (χ2v) is 5.21. The van der Waals surface area contributed by atoms with Gasteiger partial charge in [0.15, 0.2) is 0 Å². The van der Waals surface area contributed by atoms with E-state index in [9.17, 15) is 0 Å². The normalized spacial score (nSPS) is 11.9. The van der Waals surface area contributed by atoms with Crippen LogP contribution >= 0.6 is 0 Å². The van der Waals surface area contributed by atoms with E-state index >= 15 is 0 Å². The van der Waals surface area contributed by atoms with Gasteiger partial charge in [0, 0.05) is 0 Å². The van der Waals surface area contributed by atoms with E-state index in [0.29, 0.717) is 0 Å². The predicted molar refractivity (Wildman–Crippen MR) is 65.5 cm³/mol. The zero-order chi connectivity index (χ0) is 11.5. The summed E-state index contributed by atoms with van der Waals surface area (Å²) in [6.45, 7) is 9.14. The van der Waals surface area contributed by atoms with E-state index in [2.05, 4.69) is 39.8 Å². The van der Waals surface area contributed by atoms with Gasteiger partial charge in [0.25, 0.3) is 0 Å². The van der Waals surface area contributed by atoms with E-state index < -0.39 is 0 Å². The summed E-state index contributed by atoms with van der Waals surface area (Å²) in [6, 6.07) is 8.41. The molecule has 0 aliphatic rings. The van der Waals surface area contributed by atoms with Crippen LogP contribution in [-0.4, -0.2) is 7.11 Å². The summed E-state index contributed by atoms with van der Waals surface area (Å²) in [6.07, 6.45) is 1.21. The Morgan fingerprint density at radius 2 is 1.67 bits per heavy atom. The maximum Gasteiger partial charge on any atom is 0.118 e. The third-order valence-electron chi connectivity index (χ3n) is 2.79. The van der Waals surface area contributed by atoms with Crippen LogP contribution in [0.15, 0.2) is 24.3 Å². The molecule has 15 heavy (non-hydrogen) atoms. The van der Waals surface area contributed by atoms with Gasteiger partial charge in [0.05, 0.1) is 7.11 Å². The molecule has 0 aliphatic heterocycles. The van der Waals surface area contributed by atoms with Crippen molar-refractivity contribution in [2.45, 2.75) is 39.5 Å². The topological polar surface area (TPSA) is 9.23 Å². The minimum absolute atomic E-state index is 0.250. The number of rotatable bonds is 4. The van der Waals surface area contributed by atoms with Gasteiger partial charge in [-0.2, -0.15) is 0 Å². The van der Waals surface area contributed by atoms with Gasteiger partial charge < -0.3 is 4.74 Å². The highest BCUT2D eigenvalue weighted by Crippen LogP contribution is 2.31. The molecule has 0 aromatic heterocycles.